The quantitative estimate of drug-likeness (QED) is 0.364. The summed E-state index contributed by atoms with van der Waals surface area (Å²) in [5.41, 5.74) is 1.77. The molecule has 1 saturated heterocycles. The molecule has 4 aromatic rings. The third-order valence-electron chi connectivity index (χ3n) is 6.33. The van der Waals surface area contributed by atoms with Crippen LogP contribution in [0.15, 0.2) is 36.7 Å². The Balaban J connectivity index is 1.55. The monoisotopic (exact) mass is 525 g/mol. The average molecular weight is 526 g/mol. The lowest BCUT2D eigenvalue weighted by atomic mass is 10.0. The number of esters is 1. The van der Waals surface area contributed by atoms with Gasteiger partial charge in [-0.05, 0) is 43.7 Å². The first-order chi connectivity index (χ1) is 18.2. The molecule has 1 amide bonds. The Morgan fingerprint density at radius 1 is 1.24 bits per heavy atom. The summed E-state index contributed by atoms with van der Waals surface area (Å²) in [5, 5.41) is 9.39. The first-order valence-corrected chi connectivity index (χ1v) is 12.0. The van der Waals surface area contributed by atoms with Gasteiger partial charge in [-0.25, -0.2) is 28.3 Å². The number of ether oxygens (including phenoxy) is 2. The van der Waals surface area contributed by atoms with Gasteiger partial charge < -0.3 is 28.9 Å². The highest BCUT2D eigenvalue weighted by Gasteiger charge is 2.29. The fourth-order valence-corrected chi connectivity index (χ4v) is 4.54. The number of hydrogen-bond acceptors (Lipinski definition) is 6. The van der Waals surface area contributed by atoms with Gasteiger partial charge in [-0.15, -0.1) is 0 Å². The summed E-state index contributed by atoms with van der Waals surface area (Å²) < 4.78 is 43.6. The highest BCUT2D eigenvalue weighted by atomic mass is 19.1. The minimum absolute atomic E-state index is 0.00682. The van der Waals surface area contributed by atoms with Crippen LogP contribution in [-0.4, -0.2) is 73.8 Å². The number of imidazole rings is 2. The minimum Gasteiger partial charge on any atom is -0.465 e. The van der Waals surface area contributed by atoms with Gasteiger partial charge in [0, 0.05) is 30.9 Å². The van der Waals surface area contributed by atoms with E-state index in [9.17, 15) is 14.7 Å². The molecule has 5 rings (SSSR count). The smallest absolute Gasteiger partial charge is 0.407 e. The molecule has 198 valence electrons. The molecule has 0 aliphatic carbocycles. The fourth-order valence-electron chi connectivity index (χ4n) is 4.54. The summed E-state index contributed by atoms with van der Waals surface area (Å²) in [6, 6.07) is 5.88. The molecular formula is C26H25F2N5O5. The largest absolute Gasteiger partial charge is 0.465 e. The van der Waals surface area contributed by atoms with E-state index in [-0.39, 0.29) is 61.1 Å². The predicted molar refractivity (Wildman–Crippen MR) is 132 cm³/mol. The molecule has 2 N–H and O–H groups in total. The number of aromatic nitrogens is 4. The zero-order valence-corrected chi connectivity index (χ0v) is 20.7. The maximum atomic E-state index is 15.6. The number of hydrogen-bond donors (Lipinski definition) is 2. The Morgan fingerprint density at radius 3 is 2.71 bits per heavy atom. The number of nitrogens with zero attached hydrogens (tertiary/aromatic N) is 4. The molecular weight excluding hydrogens is 500 g/mol. The number of fused-ring (bicyclic) bond motifs is 1. The second-order valence-electron chi connectivity index (χ2n) is 8.93. The van der Waals surface area contributed by atoms with Crippen LogP contribution in [0.4, 0.5) is 13.6 Å². The van der Waals surface area contributed by atoms with E-state index in [0.29, 0.717) is 11.3 Å². The number of aryl methyl sites for hydroxylation is 1. The van der Waals surface area contributed by atoms with Gasteiger partial charge >= 0.3 is 12.1 Å². The highest BCUT2D eigenvalue weighted by Crippen LogP contribution is 2.33. The molecule has 1 atom stereocenters. The number of H-pyrrole nitrogens is 1. The molecule has 0 bridgehead atoms. The van der Waals surface area contributed by atoms with Crippen molar-refractivity contribution in [1.82, 2.24) is 24.3 Å². The van der Waals surface area contributed by atoms with E-state index < -0.39 is 29.8 Å². The van der Waals surface area contributed by atoms with E-state index >= 15 is 8.78 Å². The Bertz CT molecular complexity index is 1510. The number of benzene rings is 1. The third kappa shape index (κ3) is 4.82. The zero-order chi connectivity index (χ0) is 27.0. The second kappa shape index (κ2) is 10.2. The lowest BCUT2D eigenvalue weighted by Crippen LogP contribution is -2.45. The van der Waals surface area contributed by atoms with E-state index in [1.807, 2.05) is 13.0 Å². The highest BCUT2D eigenvalue weighted by molar-refractivity contribution is 5.87. The predicted octanol–water partition coefficient (Wildman–Crippen LogP) is 4.08. The van der Waals surface area contributed by atoms with Gasteiger partial charge in [0.15, 0.2) is 5.69 Å². The number of morpholine rings is 1. The van der Waals surface area contributed by atoms with Crippen LogP contribution < -0.4 is 0 Å². The second-order valence-corrected chi connectivity index (χ2v) is 8.93. The summed E-state index contributed by atoms with van der Waals surface area (Å²) >= 11 is 0. The van der Waals surface area contributed by atoms with Crippen molar-refractivity contribution in [3.63, 3.8) is 0 Å². The number of carbonyl (C=O) groups is 2. The molecule has 1 aliphatic heterocycles. The van der Waals surface area contributed by atoms with Crippen molar-refractivity contribution in [3.05, 3.63) is 65.2 Å². The van der Waals surface area contributed by atoms with Crippen LogP contribution in [-0.2, 0) is 15.9 Å². The fraction of sp³-hybridized carbons (Fsp3) is 0.308. The van der Waals surface area contributed by atoms with Crippen molar-refractivity contribution in [3.8, 4) is 22.6 Å². The molecule has 0 radical (unpaired) electrons. The standard InChI is InChI=1S/C26H25F2N5O5/c1-3-37-25(34)19-12-29-24(30-19)15-9-17(27)22(18(28)10-15)23-20(33-5-4-14(2)8-21(33)31-23)11-16-13-32(26(35)36)6-7-38-16/h4-5,8-10,12,16H,3,6-7,11,13H2,1-2H3,(H,29,30)(H,35,36)/t16-/m0/s1. The Kier molecular flexibility index (Phi) is 6.81. The molecule has 0 spiro atoms. The first-order valence-electron chi connectivity index (χ1n) is 12.0. The SMILES string of the molecule is CCOC(=O)c1c[nH]c(-c2cc(F)c(-c3nc4cc(C)ccn4c3C[C@H]3CN(C(=O)O)CCO3)c(F)c2)n1. The minimum atomic E-state index is -1.05. The Labute approximate surface area is 215 Å². The van der Waals surface area contributed by atoms with Crippen molar-refractivity contribution in [1.29, 1.82) is 0 Å². The van der Waals surface area contributed by atoms with Crippen LogP contribution in [0.25, 0.3) is 28.3 Å². The van der Waals surface area contributed by atoms with Crippen LogP contribution >= 0.6 is 0 Å². The number of aromatic amines is 1. The average Bonchev–Trinajstić information content (AvgIpc) is 3.50. The summed E-state index contributed by atoms with van der Waals surface area (Å²) in [6.07, 6.45) is 1.69. The van der Waals surface area contributed by atoms with E-state index in [0.717, 1.165) is 17.7 Å². The Morgan fingerprint density at radius 2 is 2.00 bits per heavy atom. The van der Waals surface area contributed by atoms with E-state index in [1.54, 1.807) is 23.6 Å². The number of nitrogens with one attached hydrogen (secondary N) is 1. The molecule has 3 aromatic heterocycles. The van der Waals surface area contributed by atoms with Gasteiger partial charge in [0.05, 0.1) is 42.8 Å². The van der Waals surface area contributed by atoms with Crippen molar-refractivity contribution >= 4 is 17.7 Å². The van der Waals surface area contributed by atoms with Crippen LogP contribution in [0.5, 0.6) is 0 Å². The molecule has 12 heteroatoms. The van der Waals surface area contributed by atoms with E-state index in [4.69, 9.17) is 9.47 Å². The molecule has 1 fully saturated rings. The van der Waals surface area contributed by atoms with Crippen LogP contribution in [0.1, 0.15) is 28.7 Å². The van der Waals surface area contributed by atoms with Crippen molar-refractivity contribution in [2.75, 3.05) is 26.3 Å². The third-order valence-corrected chi connectivity index (χ3v) is 6.33. The molecule has 1 aromatic carbocycles. The lowest BCUT2D eigenvalue weighted by molar-refractivity contribution is -0.0214. The zero-order valence-electron chi connectivity index (χ0n) is 20.7. The summed E-state index contributed by atoms with van der Waals surface area (Å²) in [7, 11) is 0. The number of pyridine rings is 1. The van der Waals surface area contributed by atoms with Gasteiger partial charge in [-0.3, -0.25) is 0 Å². The lowest BCUT2D eigenvalue weighted by Gasteiger charge is -2.31. The molecule has 0 saturated carbocycles. The Hall–Kier alpha value is -4.32. The van der Waals surface area contributed by atoms with Crippen molar-refractivity contribution in [2.24, 2.45) is 0 Å². The number of amides is 1. The van der Waals surface area contributed by atoms with Crippen LogP contribution in [0.2, 0.25) is 0 Å². The first kappa shape index (κ1) is 25.3. The van der Waals surface area contributed by atoms with Gasteiger partial charge in [0.25, 0.3) is 0 Å². The molecule has 38 heavy (non-hydrogen) atoms. The van der Waals surface area contributed by atoms with Crippen LogP contribution in [0.3, 0.4) is 0 Å². The molecule has 0 unspecified atom stereocenters. The van der Waals surface area contributed by atoms with E-state index in [2.05, 4.69) is 15.0 Å². The van der Waals surface area contributed by atoms with Gasteiger partial charge in [0.1, 0.15) is 23.1 Å². The van der Waals surface area contributed by atoms with Gasteiger partial charge in [-0.1, -0.05) is 0 Å². The van der Waals surface area contributed by atoms with Gasteiger partial charge in [0.2, 0.25) is 0 Å². The molecule has 1 aliphatic rings. The number of rotatable bonds is 6. The molecule has 4 heterocycles. The van der Waals surface area contributed by atoms with Crippen molar-refractivity contribution < 1.29 is 33.0 Å². The maximum Gasteiger partial charge on any atom is 0.407 e. The van der Waals surface area contributed by atoms with E-state index in [1.165, 1.54) is 11.1 Å². The summed E-state index contributed by atoms with van der Waals surface area (Å²) in [6.45, 7) is 4.30. The number of carboxylic acid groups (broad SMARTS) is 1. The van der Waals surface area contributed by atoms with Crippen molar-refractivity contribution in [2.45, 2.75) is 26.4 Å². The summed E-state index contributed by atoms with van der Waals surface area (Å²) in [5.74, 6) is -2.28. The summed E-state index contributed by atoms with van der Waals surface area (Å²) in [4.78, 5) is 36.0. The van der Waals surface area contributed by atoms with Crippen LogP contribution in [0, 0.1) is 18.6 Å². The topological polar surface area (TPSA) is 122 Å². The van der Waals surface area contributed by atoms with Gasteiger partial charge in [-0.2, -0.15) is 0 Å². The number of carbonyl (C=O) groups excluding carboxylic acids is 1. The molecule has 10 nitrogen and oxygen atoms in total. The maximum absolute atomic E-state index is 15.6. The normalized spacial score (nSPS) is 15.7. The number of halogens is 2.